The van der Waals surface area contributed by atoms with Gasteiger partial charge in [-0.25, -0.2) is 0 Å². The summed E-state index contributed by atoms with van der Waals surface area (Å²) < 4.78 is 0. The molecule has 0 fully saturated rings. The van der Waals surface area contributed by atoms with Crippen LogP contribution in [0.25, 0.3) is 11.4 Å². The van der Waals surface area contributed by atoms with Crippen LogP contribution in [0.4, 0.5) is 0 Å². The van der Waals surface area contributed by atoms with E-state index >= 15 is 0 Å². The molecular weight excluding hydrogens is 302 g/mol. The Balaban J connectivity index is 1.63. The Hall–Kier alpha value is -3.02. The van der Waals surface area contributed by atoms with E-state index in [1.807, 2.05) is 61.5 Å². The number of aryl methyl sites for hydroxylation is 1. The predicted octanol–water partition coefficient (Wildman–Crippen LogP) is 2.53. The molecule has 3 rings (SSSR count). The lowest BCUT2D eigenvalue weighted by Gasteiger charge is -2.11. The number of amides is 1. The molecule has 1 N–H and O–H groups in total. The van der Waals surface area contributed by atoms with Crippen LogP contribution in [0.5, 0.6) is 0 Å². The first-order chi connectivity index (χ1) is 11.6. The van der Waals surface area contributed by atoms with Gasteiger partial charge < -0.3 is 5.32 Å². The maximum atomic E-state index is 12.3. The van der Waals surface area contributed by atoms with Gasteiger partial charge in [0.2, 0.25) is 11.7 Å². The molecule has 1 atom stereocenters. The first-order valence-electron chi connectivity index (χ1n) is 7.81. The van der Waals surface area contributed by atoms with Gasteiger partial charge in [0.1, 0.15) is 6.04 Å². The zero-order chi connectivity index (χ0) is 16.9. The topological polar surface area (TPSA) is 72.7 Å². The van der Waals surface area contributed by atoms with Crippen LogP contribution in [-0.4, -0.2) is 26.1 Å². The van der Waals surface area contributed by atoms with E-state index in [2.05, 4.69) is 20.7 Å². The third kappa shape index (κ3) is 3.65. The molecule has 0 bridgehead atoms. The Morgan fingerprint density at radius 1 is 1.12 bits per heavy atom. The normalized spacial score (nSPS) is 11.9. The zero-order valence-corrected chi connectivity index (χ0v) is 13.7. The van der Waals surface area contributed by atoms with Crippen LogP contribution < -0.4 is 5.32 Å². The molecule has 0 spiro atoms. The molecule has 0 aliphatic rings. The van der Waals surface area contributed by atoms with Gasteiger partial charge in [0.05, 0.1) is 0 Å². The van der Waals surface area contributed by atoms with E-state index in [-0.39, 0.29) is 5.91 Å². The Kier molecular flexibility index (Phi) is 4.65. The molecule has 6 heteroatoms. The van der Waals surface area contributed by atoms with E-state index < -0.39 is 6.04 Å². The van der Waals surface area contributed by atoms with Crippen molar-refractivity contribution in [3.8, 4) is 11.4 Å². The largest absolute Gasteiger partial charge is 0.350 e. The van der Waals surface area contributed by atoms with E-state index in [4.69, 9.17) is 0 Å². The molecule has 1 aromatic heterocycles. The van der Waals surface area contributed by atoms with Crippen molar-refractivity contribution in [2.75, 3.05) is 0 Å². The second-order valence-electron chi connectivity index (χ2n) is 5.68. The number of nitrogens with zero attached hydrogens (tertiary/aromatic N) is 4. The summed E-state index contributed by atoms with van der Waals surface area (Å²) in [5.74, 6) is 0.362. The minimum atomic E-state index is -0.527. The molecule has 1 heterocycles. The van der Waals surface area contributed by atoms with E-state index in [9.17, 15) is 4.79 Å². The molecule has 0 saturated carbocycles. The number of benzene rings is 2. The Morgan fingerprint density at radius 3 is 2.54 bits per heavy atom. The van der Waals surface area contributed by atoms with Gasteiger partial charge in [-0.15, -0.1) is 10.2 Å². The quantitative estimate of drug-likeness (QED) is 0.784. The van der Waals surface area contributed by atoms with Gasteiger partial charge in [-0.1, -0.05) is 60.2 Å². The van der Waals surface area contributed by atoms with Gasteiger partial charge in [-0.3, -0.25) is 4.79 Å². The molecule has 0 radical (unpaired) electrons. The van der Waals surface area contributed by atoms with E-state index in [1.54, 1.807) is 6.92 Å². The van der Waals surface area contributed by atoms with Crippen molar-refractivity contribution >= 4 is 5.91 Å². The minimum absolute atomic E-state index is 0.146. The summed E-state index contributed by atoms with van der Waals surface area (Å²) >= 11 is 0. The average Bonchev–Trinajstić information content (AvgIpc) is 3.11. The van der Waals surface area contributed by atoms with Crippen LogP contribution in [0.1, 0.15) is 24.1 Å². The van der Waals surface area contributed by atoms with Gasteiger partial charge >= 0.3 is 0 Å². The van der Waals surface area contributed by atoms with Crippen LogP contribution in [0.15, 0.2) is 54.6 Å². The standard InChI is InChI=1S/C18H19N5O/c1-13-8-10-15(11-9-13)12-19-18(24)14(2)23-21-17(20-22-23)16-6-4-3-5-7-16/h3-11,14H,12H2,1-2H3,(H,19,24). The van der Waals surface area contributed by atoms with Crippen LogP contribution in [0.2, 0.25) is 0 Å². The third-order valence-electron chi connectivity index (χ3n) is 3.77. The highest BCUT2D eigenvalue weighted by Crippen LogP contribution is 2.13. The monoisotopic (exact) mass is 321 g/mol. The first-order valence-corrected chi connectivity index (χ1v) is 7.81. The molecule has 3 aromatic rings. The van der Waals surface area contributed by atoms with E-state index in [0.29, 0.717) is 12.4 Å². The van der Waals surface area contributed by atoms with Crippen LogP contribution >= 0.6 is 0 Å². The Bertz CT molecular complexity index is 811. The van der Waals surface area contributed by atoms with Crippen molar-refractivity contribution in [2.24, 2.45) is 0 Å². The highest BCUT2D eigenvalue weighted by Gasteiger charge is 2.18. The molecule has 1 amide bonds. The molecule has 6 nitrogen and oxygen atoms in total. The molecule has 24 heavy (non-hydrogen) atoms. The maximum absolute atomic E-state index is 12.3. The lowest BCUT2D eigenvalue weighted by molar-refractivity contribution is -0.124. The van der Waals surface area contributed by atoms with Gasteiger partial charge in [0, 0.05) is 12.1 Å². The molecule has 122 valence electrons. The second-order valence-corrected chi connectivity index (χ2v) is 5.68. The van der Waals surface area contributed by atoms with Crippen molar-refractivity contribution in [1.82, 2.24) is 25.5 Å². The Labute approximate surface area is 140 Å². The minimum Gasteiger partial charge on any atom is -0.350 e. The van der Waals surface area contributed by atoms with Crippen molar-refractivity contribution < 1.29 is 4.79 Å². The molecular formula is C18H19N5O. The lowest BCUT2D eigenvalue weighted by atomic mass is 10.1. The van der Waals surface area contributed by atoms with Crippen molar-refractivity contribution in [3.05, 3.63) is 65.7 Å². The fourth-order valence-electron chi connectivity index (χ4n) is 2.24. The number of hydrogen-bond donors (Lipinski definition) is 1. The molecule has 0 saturated heterocycles. The number of tetrazole rings is 1. The summed E-state index contributed by atoms with van der Waals surface area (Å²) in [4.78, 5) is 13.6. The van der Waals surface area contributed by atoms with Gasteiger partial charge in [-0.05, 0) is 24.6 Å². The summed E-state index contributed by atoms with van der Waals surface area (Å²) in [5, 5.41) is 15.2. The van der Waals surface area contributed by atoms with Crippen molar-refractivity contribution in [2.45, 2.75) is 26.4 Å². The van der Waals surface area contributed by atoms with Gasteiger partial charge in [-0.2, -0.15) is 4.80 Å². The third-order valence-corrected chi connectivity index (χ3v) is 3.77. The summed E-state index contributed by atoms with van der Waals surface area (Å²) in [6, 6.07) is 17.1. The number of rotatable bonds is 5. The number of carbonyl (C=O) groups is 1. The van der Waals surface area contributed by atoms with E-state index in [0.717, 1.165) is 11.1 Å². The summed E-state index contributed by atoms with van der Waals surface area (Å²) in [5.41, 5.74) is 3.12. The smallest absolute Gasteiger partial charge is 0.246 e. The number of nitrogens with one attached hydrogen (secondary N) is 1. The molecule has 1 unspecified atom stereocenters. The van der Waals surface area contributed by atoms with Gasteiger partial charge in [0.15, 0.2) is 0 Å². The fourth-order valence-corrected chi connectivity index (χ4v) is 2.24. The SMILES string of the molecule is Cc1ccc(CNC(=O)C(C)n2nnc(-c3ccccc3)n2)cc1. The number of carbonyl (C=O) groups excluding carboxylic acids is 1. The van der Waals surface area contributed by atoms with Crippen molar-refractivity contribution in [1.29, 1.82) is 0 Å². The van der Waals surface area contributed by atoms with Gasteiger partial charge in [0.25, 0.3) is 0 Å². The summed E-state index contributed by atoms with van der Waals surface area (Å²) in [6.07, 6.45) is 0. The van der Waals surface area contributed by atoms with Crippen LogP contribution in [0, 0.1) is 6.92 Å². The average molecular weight is 321 g/mol. The fraction of sp³-hybridized carbons (Fsp3) is 0.222. The first kappa shape index (κ1) is 15.9. The predicted molar refractivity (Wildman–Crippen MR) is 91.0 cm³/mol. The van der Waals surface area contributed by atoms with E-state index in [1.165, 1.54) is 10.4 Å². The highest BCUT2D eigenvalue weighted by atomic mass is 16.2. The molecule has 2 aromatic carbocycles. The maximum Gasteiger partial charge on any atom is 0.246 e. The van der Waals surface area contributed by atoms with Crippen LogP contribution in [-0.2, 0) is 11.3 Å². The second kappa shape index (κ2) is 7.04. The summed E-state index contributed by atoms with van der Waals surface area (Å²) in [6.45, 7) is 4.26. The zero-order valence-electron chi connectivity index (χ0n) is 13.7. The van der Waals surface area contributed by atoms with Crippen LogP contribution in [0.3, 0.4) is 0 Å². The van der Waals surface area contributed by atoms with Crippen molar-refractivity contribution in [3.63, 3.8) is 0 Å². The lowest BCUT2D eigenvalue weighted by Crippen LogP contribution is -2.31. The highest BCUT2D eigenvalue weighted by molar-refractivity contribution is 5.79. The summed E-state index contributed by atoms with van der Waals surface area (Å²) in [7, 11) is 0. The number of hydrogen-bond acceptors (Lipinski definition) is 4. The number of aromatic nitrogens is 4. The molecule has 0 aliphatic heterocycles. The molecule has 0 aliphatic carbocycles. The Morgan fingerprint density at radius 2 is 1.83 bits per heavy atom.